The number of aromatic nitrogens is 7. The fourth-order valence-electron chi connectivity index (χ4n) is 6.40. The zero-order valence-electron chi connectivity index (χ0n) is 23.5. The molecule has 5 rings (SSSR count). The molecule has 3 heterocycles. The van der Waals surface area contributed by atoms with Crippen molar-refractivity contribution in [1.29, 1.82) is 0 Å². The number of imidazole rings is 1. The monoisotopic (exact) mass is 527 g/mol. The molecule has 8 nitrogen and oxygen atoms in total. The van der Waals surface area contributed by atoms with Crippen LogP contribution in [0.15, 0.2) is 53.6 Å². The molecule has 4 aromatic rings. The Hall–Kier alpha value is -3.55. The van der Waals surface area contributed by atoms with E-state index < -0.39 is 0 Å². The molecule has 2 unspecified atom stereocenters. The van der Waals surface area contributed by atoms with Gasteiger partial charge in [0.25, 0.3) is 0 Å². The molecule has 1 saturated carbocycles. The Morgan fingerprint density at radius 2 is 1.72 bits per heavy atom. The molecule has 1 N–H and O–H groups in total. The number of hydrogen-bond donors (Lipinski definition) is 1. The minimum absolute atomic E-state index is 0.121. The van der Waals surface area contributed by atoms with Gasteiger partial charge >= 0.3 is 5.69 Å². The zero-order valence-corrected chi connectivity index (χ0v) is 23.5. The third-order valence-electron chi connectivity index (χ3n) is 8.54. The van der Waals surface area contributed by atoms with Gasteiger partial charge in [0.15, 0.2) is 0 Å². The molecule has 0 spiro atoms. The average Bonchev–Trinajstić information content (AvgIpc) is 3.55. The lowest BCUT2D eigenvalue weighted by molar-refractivity contribution is 0.213. The Labute approximate surface area is 230 Å². The number of benzene rings is 1. The highest BCUT2D eigenvalue weighted by atomic mass is 16.1. The SMILES string of the molecule is CCCCc1cn(C2C(CC)CCCCC2CC)c(=O)n1Cc1cc(-c2cccc(-c3nn[nH]n3)c2)ccn1. The summed E-state index contributed by atoms with van der Waals surface area (Å²) in [5.74, 6) is 1.67. The number of hydrogen-bond acceptors (Lipinski definition) is 5. The van der Waals surface area contributed by atoms with Crippen molar-refractivity contribution in [2.75, 3.05) is 0 Å². The van der Waals surface area contributed by atoms with E-state index in [2.05, 4.69) is 75.3 Å². The third kappa shape index (κ3) is 5.89. The molecule has 39 heavy (non-hydrogen) atoms. The van der Waals surface area contributed by atoms with Gasteiger partial charge in [-0.15, -0.1) is 10.2 Å². The topological polar surface area (TPSA) is 94.3 Å². The van der Waals surface area contributed by atoms with E-state index in [1.54, 1.807) is 0 Å². The van der Waals surface area contributed by atoms with E-state index in [9.17, 15) is 4.79 Å². The first-order chi connectivity index (χ1) is 19.1. The maximum atomic E-state index is 14.1. The molecule has 1 aromatic carbocycles. The summed E-state index contributed by atoms with van der Waals surface area (Å²) in [5.41, 5.74) is 5.13. The number of rotatable bonds is 10. The van der Waals surface area contributed by atoms with Crippen molar-refractivity contribution in [2.45, 2.75) is 91.1 Å². The van der Waals surface area contributed by atoms with Crippen LogP contribution in [0.2, 0.25) is 0 Å². The lowest BCUT2D eigenvalue weighted by Crippen LogP contribution is -2.34. The number of unbranched alkanes of at least 4 members (excludes halogenated alkanes) is 1. The number of H-pyrrole nitrogens is 1. The van der Waals surface area contributed by atoms with Crippen LogP contribution in [-0.4, -0.2) is 34.7 Å². The molecular weight excluding hydrogens is 486 g/mol. The second kappa shape index (κ2) is 12.5. The predicted octanol–water partition coefficient (Wildman–Crippen LogP) is 6.45. The molecular formula is C31H41N7O. The van der Waals surface area contributed by atoms with Gasteiger partial charge in [-0.05, 0) is 72.1 Å². The molecule has 1 fully saturated rings. The van der Waals surface area contributed by atoms with Gasteiger partial charge in [-0.2, -0.15) is 5.21 Å². The Balaban J connectivity index is 1.49. The number of aryl methyl sites for hydroxylation is 1. The smallest absolute Gasteiger partial charge is 0.295 e. The summed E-state index contributed by atoms with van der Waals surface area (Å²) >= 11 is 0. The fraction of sp³-hybridized carbons (Fsp3) is 0.516. The van der Waals surface area contributed by atoms with Crippen molar-refractivity contribution in [3.05, 3.63) is 70.7 Å². The van der Waals surface area contributed by atoms with Crippen LogP contribution in [0.5, 0.6) is 0 Å². The summed E-state index contributed by atoms with van der Waals surface area (Å²) in [6, 6.07) is 12.5. The minimum Gasteiger partial charge on any atom is -0.295 e. The summed E-state index contributed by atoms with van der Waals surface area (Å²) in [6.07, 6.45) is 14.3. The highest BCUT2D eigenvalue weighted by molar-refractivity contribution is 5.70. The molecule has 8 heteroatoms. The van der Waals surface area contributed by atoms with E-state index in [4.69, 9.17) is 0 Å². The first kappa shape index (κ1) is 27.0. The van der Waals surface area contributed by atoms with Crippen molar-refractivity contribution in [2.24, 2.45) is 11.8 Å². The maximum Gasteiger partial charge on any atom is 0.328 e. The van der Waals surface area contributed by atoms with Crippen LogP contribution in [0.1, 0.15) is 89.6 Å². The van der Waals surface area contributed by atoms with Crippen molar-refractivity contribution in [3.8, 4) is 22.5 Å². The van der Waals surface area contributed by atoms with E-state index in [1.807, 2.05) is 29.0 Å². The normalized spacial score (nSPS) is 19.7. The third-order valence-corrected chi connectivity index (χ3v) is 8.54. The van der Waals surface area contributed by atoms with Crippen LogP contribution >= 0.6 is 0 Å². The summed E-state index contributed by atoms with van der Waals surface area (Å²) < 4.78 is 4.11. The van der Waals surface area contributed by atoms with Gasteiger partial charge in [-0.3, -0.25) is 14.1 Å². The molecule has 1 aliphatic rings. The van der Waals surface area contributed by atoms with E-state index in [-0.39, 0.29) is 11.7 Å². The van der Waals surface area contributed by atoms with E-state index in [1.165, 1.54) is 25.7 Å². The van der Waals surface area contributed by atoms with Crippen LogP contribution in [0.25, 0.3) is 22.5 Å². The van der Waals surface area contributed by atoms with Crippen LogP contribution < -0.4 is 5.69 Å². The van der Waals surface area contributed by atoms with E-state index in [0.29, 0.717) is 24.2 Å². The molecule has 2 atom stereocenters. The van der Waals surface area contributed by atoms with Gasteiger partial charge in [0, 0.05) is 29.7 Å². The highest BCUT2D eigenvalue weighted by Crippen LogP contribution is 2.40. The molecule has 206 valence electrons. The predicted molar refractivity (Wildman–Crippen MR) is 154 cm³/mol. The quantitative estimate of drug-likeness (QED) is 0.239. The molecule has 0 amide bonds. The highest BCUT2D eigenvalue weighted by Gasteiger charge is 2.33. The van der Waals surface area contributed by atoms with Crippen LogP contribution in [0, 0.1) is 11.8 Å². The van der Waals surface area contributed by atoms with Gasteiger partial charge in [0.2, 0.25) is 5.82 Å². The molecule has 1 aliphatic carbocycles. The van der Waals surface area contributed by atoms with Gasteiger partial charge in [-0.1, -0.05) is 71.1 Å². The van der Waals surface area contributed by atoms with Crippen molar-refractivity contribution < 1.29 is 0 Å². The van der Waals surface area contributed by atoms with Crippen LogP contribution in [0.4, 0.5) is 0 Å². The van der Waals surface area contributed by atoms with Gasteiger partial charge in [0.05, 0.1) is 12.2 Å². The van der Waals surface area contributed by atoms with Gasteiger partial charge in [-0.25, -0.2) is 4.79 Å². The lowest BCUT2D eigenvalue weighted by atomic mass is 9.83. The Morgan fingerprint density at radius 3 is 2.41 bits per heavy atom. The van der Waals surface area contributed by atoms with Crippen molar-refractivity contribution in [3.63, 3.8) is 0 Å². The van der Waals surface area contributed by atoms with Gasteiger partial charge < -0.3 is 0 Å². The first-order valence-electron chi connectivity index (χ1n) is 14.7. The van der Waals surface area contributed by atoms with Crippen molar-refractivity contribution in [1.82, 2.24) is 34.7 Å². The summed E-state index contributed by atoms with van der Waals surface area (Å²) in [7, 11) is 0. The summed E-state index contributed by atoms with van der Waals surface area (Å²) in [4.78, 5) is 18.8. The standard InChI is InChI=1S/C31H41N7O/c1-4-7-15-28-21-38(29-22(5-2)11-8-9-12-23(29)6-3)31(39)37(28)20-27-19-25(16-17-32-27)24-13-10-14-26(18-24)30-33-35-36-34-30/h10,13-14,16-19,21-23,29H,4-9,11-12,15,20H2,1-3H3,(H,33,34,35,36). The summed E-state index contributed by atoms with van der Waals surface area (Å²) in [5, 5.41) is 14.4. The number of tetrazole rings is 1. The lowest BCUT2D eigenvalue weighted by Gasteiger charge is -2.31. The van der Waals surface area contributed by atoms with E-state index >= 15 is 0 Å². The maximum absolute atomic E-state index is 14.1. The molecule has 0 saturated heterocycles. The second-order valence-corrected chi connectivity index (χ2v) is 11.0. The number of nitrogens with one attached hydrogen (secondary N) is 1. The zero-order chi connectivity index (χ0) is 27.2. The Morgan fingerprint density at radius 1 is 0.974 bits per heavy atom. The Bertz CT molecular complexity index is 1390. The number of aromatic amines is 1. The molecule has 0 radical (unpaired) electrons. The van der Waals surface area contributed by atoms with Crippen LogP contribution in [0.3, 0.4) is 0 Å². The molecule has 3 aromatic heterocycles. The number of nitrogens with zero attached hydrogens (tertiary/aromatic N) is 6. The van der Waals surface area contributed by atoms with Crippen LogP contribution in [-0.2, 0) is 13.0 Å². The fourth-order valence-corrected chi connectivity index (χ4v) is 6.40. The summed E-state index contributed by atoms with van der Waals surface area (Å²) in [6.45, 7) is 7.26. The van der Waals surface area contributed by atoms with Crippen molar-refractivity contribution >= 4 is 0 Å². The minimum atomic E-state index is 0.121. The molecule has 0 aliphatic heterocycles. The number of pyridine rings is 1. The van der Waals surface area contributed by atoms with Gasteiger partial charge in [0.1, 0.15) is 0 Å². The Kier molecular flexibility index (Phi) is 8.69. The second-order valence-electron chi connectivity index (χ2n) is 11.0. The largest absolute Gasteiger partial charge is 0.328 e. The molecule has 0 bridgehead atoms. The first-order valence-corrected chi connectivity index (χ1v) is 14.7. The van der Waals surface area contributed by atoms with E-state index in [0.717, 1.165) is 60.2 Å². The average molecular weight is 528 g/mol.